The molecule has 130 valence electrons. The Balaban J connectivity index is 1.38. The van der Waals surface area contributed by atoms with Crippen LogP contribution in [0.15, 0.2) is 24.4 Å². The molecule has 0 N–H and O–H groups in total. The number of likely N-dealkylation sites (tertiary alicyclic amines) is 1. The Morgan fingerprint density at radius 1 is 1.38 bits per heavy atom. The summed E-state index contributed by atoms with van der Waals surface area (Å²) < 4.78 is 5.50. The van der Waals surface area contributed by atoms with Gasteiger partial charge in [0, 0.05) is 51.6 Å². The van der Waals surface area contributed by atoms with E-state index in [-0.39, 0.29) is 23.8 Å². The Bertz CT molecular complexity index is 566. The first-order valence-corrected chi connectivity index (χ1v) is 8.67. The highest BCUT2D eigenvalue weighted by atomic mass is 16.5. The smallest absolute Gasteiger partial charge is 0.229 e. The van der Waals surface area contributed by atoms with Crippen LogP contribution < -0.4 is 0 Å². The molecule has 1 aromatic heterocycles. The molecule has 6 heteroatoms. The van der Waals surface area contributed by atoms with E-state index in [0.717, 1.165) is 31.6 Å². The molecule has 2 aliphatic rings. The number of rotatable bonds is 6. The first-order chi connectivity index (χ1) is 11.6. The highest BCUT2D eigenvalue weighted by Crippen LogP contribution is 2.22. The van der Waals surface area contributed by atoms with Crippen molar-refractivity contribution in [1.82, 2.24) is 14.8 Å². The van der Waals surface area contributed by atoms with Crippen molar-refractivity contribution in [1.29, 1.82) is 0 Å². The lowest BCUT2D eigenvalue weighted by Crippen LogP contribution is -2.56. The van der Waals surface area contributed by atoms with E-state index in [2.05, 4.69) is 4.98 Å². The molecule has 0 aromatic carbocycles. The highest BCUT2D eigenvalue weighted by Gasteiger charge is 2.37. The molecule has 6 nitrogen and oxygen atoms in total. The van der Waals surface area contributed by atoms with Crippen LogP contribution >= 0.6 is 0 Å². The molecule has 1 aromatic rings. The van der Waals surface area contributed by atoms with Gasteiger partial charge in [-0.1, -0.05) is 6.07 Å². The van der Waals surface area contributed by atoms with Gasteiger partial charge in [-0.05, 0) is 25.0 Å². The Labute approximate surface area is 142 Å². The Kier molecular flexibility index (Phi) is 5.45. The van der Waals surface area contributed by atoms with Crippen LogP contribution in [0.1, 0.15) is 25.0 Å². The van der Waals surface area contributed by atoms with Crippen molar-refractivity contribution in [2.24, 2.45) is 5.92 Å². The molecule has 2 amide bonds. The monoisotopic (exact) mass is 331 g/mol. The number of amides is 2. The maximum Gasteiger partial charge on any atom is 0.229 e. The van der Waals surface area contributed by atoms with Crippen LogP contribution in [0.2, 0.25) is 0 Å². The number of hydrogen-bond donors (Lipinski definition) is 0. The third-order valence-electron chi connectivity index (χ3n) is 4.82. The standard InChI is InChI=1S/C18H25N3O3/c1-20(9-7-15-5-2-3-8-19-15)18(23)14-12-21(13-14)17(22)11-16-6-4-10-24-16/h2-3,5,8,14,16H,4,6-7,9-13H2,1H3/t16-/m1/s1. The van der Waals surface area contributed by atoms with Crippen LogP contribution in [0.25, 0.3) is 0 Å². The molecule has 0 radical (unpaired) electrons. The third kappa shape index (κ3) is 4.12. The van der Waals surface area contributed by atoms with Gasteiger partial charge in [-0.2, -0.15) is 0 Å². The summed E-state index contributed by atoms with van der Waals surface area (Å²) >= 11 is 0. The second-order valence-corrected chi connectivity index (χ2v) is 6.67. The second kappa shape index (κ2) is 7.75. The number of carbonyl (C=O) groups excluding carboxylic acids is 2. The van der Waals surface area contributed by atoms with Gasteiger partial charge >= 0.3 is 0 Å². The maximum atomic E-state index is 12.4. The molecule has 3 heterocycles. The van der Waals surface area contributed by atoms with Crippen LogP contribution in [-0.4, -0.2) is 66.0 Å². The van der Waals surface area contributed by atoms with E-state index in [9.17, 15) is 9.59 Å². The zero-order chi connectivity index (χ0) is 16.9. The lowest BCUT2D eigenvalue weighted by Gasteiger charge is -2.40. The molecular formula is C18H25N3O3. The van der Waals surface area contributed by atoms with Crippen molar-refractivity contribution in [2.75, 3.05) is 33.3 Å². The summed E-state index contributed by atoms with van der Waals surface area (Å²) in [6.07, 6.45) is 5.06. The van der Waals surface area contributed by atoms with Crippen molar-refractivity contribution < 1.29 is 14.3 Å². The molecular weight excluding hydrogens is 306 g/mol. The van der Waals surface area contributed by atoms with Crippen molar-refractivity contribution in [3.8, 4) is 0 Å². The average Bonchev–Trinajstić information content (AvgIpc) is 3.05. The zero-order valence-electron chi connectivity index (χ0n) is 14.2. The summed E-state index contributed by atoms with van der Waals surface area (Å²) in [5.41, 5.74) is 0.985. The van der Waals surface area contributed by atoms with E-state index in [1.165, 1.54) is 0 Å². The van der Waals surface area contributed by atoms with Crippen molar-refractivity contribution >= 4 is 11.8 Å². The fraction of sp³-hybridized carbons (Fsp3) is 0.611. The summed E-state index contributed by atoms with van der Waals surface area (Å²) in [7, 11) is 1.82. The Hall–Kier alpha value is -1.95. The van der Waals surface area contributed by atoms with Gasteiger partial charge in [0.05, 0.1) is 18.4 Å². The summed E-state index contributed by atoms with van der Waals surface area (Å²) in [6, 6.07) is 5.80. The van der Waals surface area contributed by atoms with Gasteiger partial charge in [-0.15, -0.1) is 0 Å². The van der Waals surface area contributed by atoms with Gasteiger partial charge in [0.1, 0.15) is 0 Å². The minimum atomic E-state index is -0.0628. The van der Waals surface area contributed by atoms with Gasteiger partial charge in [-0.25, -0.2) is 0 Å². The molecule has 1 atom stereocenters. The minimum Gasteiger partial charge on any atom is -0.378 e. The number of ether oxygens (including phenoxy) is 1. The molecule has 3 rings (SSSR count). The first-order valence-electron chi connectivity index (χ1n) is 8.67. The molecule has 2 fully saturated rings. The second-order valence-electron chi connectivity index (χ2n) is 6.67. The quantitative estimate of drug-likeness (QED) is 0.783. The predicted molar refractivity (Wildman–Crippen MR) is 89.2 cm³/mol. The first kappa shape index (κ1) is 16.9. The zero-order valence-corrected chi connectivity index (χ0v) is 14.2. The van der Waals surface area contributed by atoms with Crippen molar-refractivity contribution in [3.05, 3.63) is 30.1 Å². The maximum absolute atomic E-state index is 12.4. The highest BCUT2D eigenvalue weighted by molar-refractivity contribution is 5.84. The molecule has 0 spiro atoms. The normalized spacial score (nSPS) is 20.7. The van der Waals surface area contributed by atoms with Crippen LogP contribution in [-0.2, 0) is 20.7 Å². The summed E-state index contributed by atoms with van der Waals surface area (Å²) in [5, 5.41) is 0. The number of aromatic nitrogens is 1. The fourth-order valence-electron chi connectivity index (χ4n) is 3.22. The van der Waals surface area contributed by atoms with Crippen LogP contribution in [0.3, 0.4) is 0 Å². The fourth-order valence-corrected chi connectivity index (χ4v) is 3.22. The SMILES string of the molecule is CN(CCc1ccccn1)C(=O)C1CN(C(=O)C[C@H]2CCCO2)C1. The number of carbonyl (C=O) groups is 2. The minimum absolute atomic E-state index is 0.0628. The van der Waals surface area contributed by atoms with E-state index in [1.54, 1.807) is 16.0 Å². The van der Waals surface area contributed by atoms with E-state index < -0.39 is 0 Å². The number of pyridine rings is 1. The van der Waals surface area contributed by atoms with Crippen molar-refractivity contribution in [3.63, 3.8) is 0 Å². The Morgan fingerprint density at radius 2 is 2.21 bits per heavy atom. The predicted octanol–water partition coefficient (Wildman–Crippen LogP) is 1.11. The van der Waals surface area contributed by atoms with Crippen LogP contribution in [0.4, 0.5) is 0 Å². The number of nitrogens with zero attached hydrogens (tertiary/aromatic N) is 3. The van der Waals surface area contributed by atoms with E-state index >= 15 is 0 Å². The van der Waals surface area contributed by atoms with E-state index in [4.69, 9.17) is 4.74 Å². The van der Waals surface area contributed by atoms with Gasteiger partial charge in [0.15, 0.2) is 0 Å². The van der Waals surface area contributed by atoms with Crippen LogP contribution in [0.5, 0.6) is 0 Å². The van der Waals surface area contributed by atoms with Gasteiger partial charge in [0.2, 0.25) is 11.8 Å². The average molecular weight is 331 g/mol. The molecule has 2 aliphatic heterocycles. The number of hydrogen-bond acceptors (Lipinski definition) is 4. The molecule has 24 heavy (non-hydrogen) atoms. The van der Waals surface area contributed by atoms with Gasteiger partial charge < -0.3 is 14.5 Å². The largest absolute Gasteiger partial charge is 0.378 e. The number of likely N-dealkylation sites (N-methyl/N-ethyl adjacent to an activating group) is 1. The van der Waals surface area contributed by atoms with Gasteiger partial charge in [0.25, 0.3) is 0 Å². The lowest BCUT2D eigenvalue weighted by atomic mass is 9.97. The Morgan fingerprint density at radius 3 is 2.88 bits per heavy atom. The topological polar surface area (TPSA) is 62.7 Å². The summed E-state index contributed by atoms with van der Waals surface area (Å²) in [4.78, 5) is 32.3. The van der Waals surface area contributed by atoms with Gasteiger partial charge in [-0.3, -0.25) is 14.6 Å². The molecule has 0 unspecified atom stereocenters. The molecule has 0 bridgehead atoms. The summed E-state index contributed by atoms with van der Waals surface area (Å²) in [6.45, 7) is 2.49. The molecule has 0 aliphatic carbocycles. The summed E-state index contributed by atoms with van der Waals surface area (Å²) in [5.74, 6) is 0.168. The van der Waals surface area contributed by atoms with Crippen LogP contribution in [0, 0.1) is 5.92 Å². The van der Waals surface area contributed by atoms with Crippen molar-refractivity contribution in [2.45, 2.75) is 31.8 Å². The lowest BCUT2D eigenvalue weighted by molar-refractivity contribution is -0.148. The third-order valence-corrected chi connectivity index (χ3v) is 4.82. The molecule has 0 saturated carbocycles. The molecule has 2 saturated heterocycles. The van der Waals surface area contributed by atoms with E-state index in [0.29, 0.717) is 26.1 Å². The van der Waals surface area contributed by atoms with E-state index in [1.807, 2.05) is 25.2 Å².